The Morgan fingerprint density at radius 3 is 3.00 bits per heavy atom. The molecule has 0 saturated heterocycles. The minimum Gasteiger partial charge on any atom is -0.316 e. The molecule has 18 heavy (non-hydrogen) atoms. The average molecular weight is 310 g/mol. The second-order valence-electron chi connectivity index (χ2n) is 4.11. The van der Waals surface area contributed by atoms with E-state index in [2.05, 4.69) is 26.0 Å². The van der Waals surface area contributed by atoms with Crippen molar-refractivity contribution in [2.45, 2.75) is 12.3 Å². The number of H-pyrrole nitrogens is 1. The summed E-state index contributed by atoms with van der Waals surface area (Å²) < 4.78 is 15.6. The van der Waals surface area contributed by atoms with Gasteiger partial charge >= 0.3 is 0 Å². The van der Waals surface area contributed by atoms with E-state index in [1.54, 1.807) is 25.3 Å². The first kappa shape index (κ1) is 11.4. The number of rotatable bonds is 1. The molecule has 0 aliphatic carbocycles. The zero-order chi connectivity index (χ0) is 12.9. The molecular formula is C12H9BrFN3O. The third kappa shape index (κ3) is 1.42. The van der Waals surface area contributed by atoms with Crippen LogP contribution in [0.3, 0.4) is 0 Å². The van der Waals surface area contributed by atoms with Crippen LogP contribution in [0, 0.1) is 12.7 Å². The summed E-state index contributed by atoms with van der Waals surface area (Å²) in [4.78, 5) is 14.5. The van der Waals surface area contributed by atoms with E-state index in [0.717, 1.165) is 5.56 Å². The van der Waals surface area contributed by atoms with Crippen LogP contribution >= 0.6 is 15.9 Å². The summed E-state index contributed by atoms with van der Waals surface area (Å²) in [6.45, 7) is 1.80. The van der Waals surface area contributed by atoms with Gasteiger partial charge in [0, 0.05) is 16.5 Å². The first-order chi connectivity index (χ1) is 8.63. The van der Waals surface area contributed by atoms with Gasteiger partial charge in [-0.05, 0) is 13.0 Å². The molecule has 0 atom stereocenters. The SMILES string of the molecule is Cc1cnn2c1c(=O)[nH]c1c(F)c(CBr)ccc12. The van der Waals surface area contributed by atoms with Gasteiger partial charge in [-0.2, -0.15) is 5.10 Å². The molecule has 0 unspecified atom stereocenters. The highest BCUT2D eigenvalue weighted by atomic mass is 79.9. The average Bonchev–Trinajstić information content (AvgIpc) is 2.74. The summed E-state index contributed by atoms with van der Waals surface area (Å²) in [5, 5.41) is 4.52. The Morgan fingerprint density at radius 2 is 2.28 bits per heavy atom. The molecule has 0 fully saturated rings. The highest BCUT2D eigenvalue weighted by Crippen LogP contribution is 2.21. The fourth-order valence-electron chi connectivity index (χ4n) is 2.07. The van der Waals surface area contributed by atoms with Crippen molar-refractivity contribution < 1.29 is 4.39 Å². The predicted octanol–water partition coefficient (Wildman–Crippen LogP) is 2.52. The molecule has 0 aliphatic rings. The maximum Gasteiger partial charge on any atom is 0.274 e. The standard InChI is InChI=1S/C12H9BrFN3O/c1-6-5-15-17-8-3-2-7(4-13)9(14)10(8)16-12(18)11(6)17/h2-3,5H,4H2,1H3,(H,16,18). The van der Waals surface area contributed by atoms with Crippen molar-refractivity contribution in [3.05, 3.63) is 45.6 Å². The van der Waals surface area contributed by atoms with Gasteiger partial charge in [-0.3, -0.25) is 4.79 Å². The fraction of sp³-hybridized carbons (Fsp3) is 0.167. The Labute approximate surface area is 110 Å². The van der Waals surface area contributed by atoms with Gasteiger partial charge in [-0.15, -0.1) is 0 Å². The van der Waals surface area contributed by atoms with Crippen LogP contribution in [0.25, 0.3) is 16.6 Å². The fourth-order valence-corrected chi connectivity index (χ4v) is 2.50. The molecule has 0 bridgehead atoms. The summed E-state index contributed by atoms with van der Waals surface area (Å²) in [5.41, 5.74) is 2.13. The van der Waals surface area contributed by atoms with Crippen LogP contribution < -0.4 is 5.56 Å². The van der Waals surface area contributed by atoms with Crippen molar-refractivity contribution in [1.82, 2.24) is 14.6 Å². The van der Waals surface area contributed by atoms with Crippen molar-refractivity contribution in [1.29, 1.82) is 0 Å². The zero-order valence-electron chi connectivity index (χ0n) is 9.50. The van der Waals surface area contributed by atoms with E-state index < -0.39 is 5.82 Å². The van der Waals surface area contributed by atoms with Crippen LogP contribution in [0.4, 0.5) is 4.39 Å². The molecule has 92 valence electrons. The molecular weight excluding hydrogens is 301 g/mol. The first-order valence-corrected chi connectivity index (χ1v) is 6.49. The minimum absolute atomic E-state index is 0.188. The molecule has 6 heteroatoms. The number of aromatic nitrogens is 3. The summed E-state index contributed by atoms with van der Waals surface area (Å²) in [6, 6.07) is 3.44. The molecule has 4 nitrogen and oxygen atoms in total. The second kappa shape index (κ2) is 3.91. The van der Waals surface area contributed by atoms with Crippen LogP contribution in [-0.2, 0) is 5.33 Å². The van der Waals surface area contributed by atoms with Crippen molar-refractivity contribution in [2.24, 2.45) is 0 Å². The maximum absolute atomic E-state index is 14.1. The van der Waals surface area contributed by atoms with E-state index in [1.165, 1.54) is 4.52 Å². The van der Waals surface area contributed by atoms with E-state index in [0.29, 0.717) is 21.9 Å². The molecule has 0 amide bonds. The Bertz CT molecular complexity index is 821. The van der Waals surface area contributed by atoms with Gasteiger partial charge in [0.15, 0.2) is 5.82 Å². The number of halogens is 2. The van der Waals surface area contributed by atoms with Crippen molar-refractivity contribution in [2.75, 3.05) is 0 Å². The Hall–Kier alpha value is -1.69. The van der Waals surface area contributed by atoms with E-state index in [-0.39, 0.29) is 11.1 Å². The van der Waals surface area contributed by atoms with Crippen LogP contribution in [0.5, 0.6) is 0 Å². The van der Waals surface area contributed by atoms with Crippen molar-refractivity contribution in [3.8, 4) is 0 Å². The van der Waals surface area contributed by atoms with Crippen molar-refractivity contribution in [3.63, 3.8) is 0 Å². The molecule has 0 spiro atoms. The monoisotopic (exact) mass is 309 g/mol. The lowest BCUT2D eigenvalue weighted by Gasteiger charge is -2.05. The molecule has 1 aromatic carbocycles. The van der Waals surface area contributed by atoms with E-state index >= 15 is 0 Å². The van der Waals surface area contributed by atoms with Gasteiger partial charge in [-0.1, -0.05) is 22.0 Å². The number of benzene rings is 1. The number of aryl methyl sites for hydroxylation is 1. The van der Waals surface area contributed by atoms with Gasteiger partial charge in [0.25, 0.3) is 5.56 Å². The summed E-state index contributed by atoms with van der Waals surface area (Å²) in [5.74, 6) is -0.420. The number of alkyl halides is 1. The number of hydrogen-bond acceptors (Lipinski definition) is 2. The maximum atomic E-state index is 14.1. The lowest BCUT2D eigenvalue weighted by Crippen LogP contribution is -2.12. The van der Waals surface area contributed by atoms with Gasteiger partial charge < -0.3 is 4.98 Å². The lowest BCUT2D eigenvalue weighted by atomic mass is 10.2. The molecule has 0 saturated carbocycles. The molecule has 0 aliphatic heterocycles. The molecule has 3 rings (SSSR count). The van der Waals surface area contributed by atoms with Gasteiger partial charge in [-0.25, -0.2) is 8.91 Å². The zero-order valence-corrected chi connectivity index (χ0v) is 11.1. The Balaban J connectivity index is 2.58. The summed E-state index contributed by atoms with van der Waals surface area (Å²) >= 11 is 3.21. The summed E-state index contributed by atoms with van der Waals surface area (Å²) in [6.07, 6.45) is 1.60. The van der Waals surface area contributed by atoms with E-state index in [9.17, 15) is 9.18 Å². The number of hydrogen-bond donors (Lipinski definition) is 1. The quantitative estimate of drug-likeness (QED) is 0.702. The molecule has 3 aromatic rings. The van der Waals surface area contributed by atoms with Gasteiger partial charge in [0.1, 0.15) is 11.0 Å². The molecule has 2 aromatic heterocycles. The lowest BCUT2D eigenvalue weighted by molar-refractivity contribution is 0.625. The largest absolute Gasteiger partial charge is 0.316 e. The van der Waals surface area contributed by atoms with E-state index in [1.807, 2.05) is 0 Å². The topological polar surface area (TPSA) is 50.2 Å². The Kier molecular flexibility index (Phi) is 2.48. The minimum atomic E-state index is -0.420. The highest BCUT2D eigenvalue weighted by Gasteiger charge is 2.13. The van der Waals surface area contributed by atoms with Gasteiger partial charge in [0.2, 0.25) is 0 Å². The molecule has 1 N–H and O–H groups in total. The molecule has 2 heterocycles. The van der Waals surface area contributed by atoms with E-state index in [4.69, 9.17) is 0 Å². The van der Waals surface area contributed by atoms with Crippen LogP contribution in [0.1, 0.15) is 11.1 Å². The Morgan fingerprint density at radius 1 is 1.50 bits per heavy atom. The number of nitrogens with one attached hydrogen (secondary N) is 1. The van der Waals surface area contributed by atoms with Crippen LogP contribution in [0.2, 0.25) is 0 Å². The normalized spacial score (nSPS) is 11.5. The van der Waals surface area contributed by atoms with Crippen LogP contribution in [0.15, 0.2) is 23.1 Å². The predicted molar refractivity (Wildman–Crippen MR) is 70.6 cm³/mol. The first-order valence-electron chi connectivity index (χ1n) is 5.37. The third-order valence-electron chi connectivity index (χ3n) is 2.98. The molecule has 0 radical (unpaired) electrons. The van der Waals surface area contributed by atoms with Crippen molar-refractivity contribution >= 4 is 32.5 Å². The highest BCUT2D eigenvalue weighted by molar-refractivity contribution is 9.08. The number of aromatic amines is 1. The summed E-state index contributed by atoms with van der Waals surface area (Å²) in [7, 11) is 0. The third-order valence-corrected chi connectivity index (χ3v) is 3.58. The smallest absolute Gasteiger partial charge is 0.274 e. The van der Waals surface area contributed by atoms with Crippen LogP contribution in [-0.4, -0.2) is 14.6 Å². The number of nitrogens with zero attached hydrogens (tertiary/aromatic N) is 2. The second-order valence-corrected chi connectivity index (χ2v) is 4.67. The number of fused-ring (bicyclic) bond motifs is 3. The van der Waals surface area contributed by atoms with Gasteiger partial charge in [0.05, 0.1) is 11.7 Å².